The van der Waals surface area contributed by atoms with Crippen molar-refractivity contribution in [2.75, 3.05) is 13.7 Å². The van der Waals surface area contributed by atoms with E-state index in [0.29, 0.717) is 17.2 Å². The molecular formula is C16H22ClNO4. The molecule has 0 spiro atoms. The van der Waals surface area contributed by atoms with Crippen molar-refractivity contribution < 1.29 is 19.1 Å². The first kappa shape index (κ1) is 18.3. The molecule has 1 amide bonds. The van der Waals surface area contributed by atoms with Crippen LogP contribution in [0.5, 0.6) is 5.75 Å². The number of amides is 1. The molecule has 0 saturated carbocycles. The van der Waals surface area contributed by atoms with Crippen LogP contribution in [0.15, 0.2) is 18.2 Å². The van der Waals surface area contributed by atoms with Crippen LogP contribution < -0.4 is 10.1 Å². The third kappa shape index (κ3) is 5.93. The Hall–Kier alpha value is -1.75. The van der Waals surface area contributed by atoms with Gasteiger partial charge in [0.15, 0.2) is 6.61 Å². The van der Waals surface area contributed by atoms with E-state index in [0.717, 1.165) is 12.0 Å². The lowest BCUT2D eigenvalue weighted by atomic mass is 10.1. The summed E-state index contributed by atoms with van der Waals surface area (Å²) in [7, 11) is 1.34. The molecule has 0 fully saturated rings. The Morgan fingerprint density at radius 1 is 1.36 bits per heavy atom. The minimum atomic E-state index is -0.305. The first-order chi connectivity index (χ1) is 10.5. The average molecular weight is 328 g/mol. The third-order valence-corrected chi connectivity index (χ3v) is 3.54. The average Bonchev–Trinajstić information content (AvgIpc) is 2.51. The molecule has 0 aromatic heterocycles. The second kappa shape index (κ2) is 9.30. The fourth-order valence-corrected chi connectivity index (χ4v) is 2.06. The lowest BCUT2D eigenvalue weighted by Crippen LogP contribution is -2.35. The highest BCUT2D eigenvalue weighted by atomic mass is 35.5. The predicted octanol–water partition coefficient (Wildman–Crippen LogP) is 2.74. The van der Waals surface area contributed by atoms with Gasteiger partial charge in [-0.15, -0.1) is 0 Å². The van der Waals surface area contributed by atoms with Crippen LogP contribution in [0.4, 0.5) is 0 Å². The van der Waals surface area contributed by atoms with E-state index in [1.807, 2.05) is 19.9 Å². The van der Waals surface area contributed by atoms with Crippen LogP contribution in [0.25, 0.3) is 0 Å². The van der Waals surface area contributed by atoms with E-state index in [9.17, 15) is 9.59 Å². The summed E-state index contributed by atoms with van der Waals surface area (Å²) >= 11 is 6.12. The number of nitrogens with one attached hydrogen (secondary N) is 1. The maximum Gasteiger partial charge on any atom is 0.305 e. The Balaban J connectivity index is 2.68. The number of rotatable bonds is 8. The second-order valence-electron chi connectivity index (χ2n) is 4.97. The number of benzene rings is 1. The number of hydrogen-bond donors (Lipinski definition) is 1. The summed E-state index contributed by atoms with van der Waals surface area (Å²) in [4.78, 5) is 23.0. The molecule has 22 heavy (non-hydrogen) atoms. The number of ether oxygens (including phenoxy) is 2. The molecule has 1 aromatic carbocycles. The minimum absolute atomic E-state index is 0.0983. The van der Waals surface area contributed by atoms with Gasteiger partial charge in [-0.2, -0.15) is 0 Å². The number of carbonyl (C=O) groups excluding carboxylic acids is 2. The van der Waals surface area contributed by atoms with Crippen LogP contribution in [0.3, 0.4) is 0 Å². The molecular weight excluding hydrogens is 306 g/mol. The van der Waals surface area contributed by atoms with E-state index in [4.69, 9.17) is 16.3 Å². The third-order valence-electron chi connectivity index (χ3n) is 3.24. The van der Waals surface area contributed by atoms with Crippen molar-refractivity contribution in [2.24, 2.45) is 0 Å². The number of halogens is 1. The van der Waals surface area contributed by atoms with Gasteiger partial charge < -0.3 is 14.8 Å². The normalized spacial score (nSPS) is 11.6. The zero-order valence-electron chi connectivity index (χ0n) is 13.1. The van der Waals surface area contributed by atoms with Crippen molar-refractivity contribution in [1.82, 2.24) is 5.32 Å². The van der Waals surface area contributed by atoms with Gasteiger partial charge in [0.25, 0.3) is 5.91 Å². The quantitative estimate of drug-likeness (QED) is 0.746. The zero-order chi connectivity index (χ0) is 16.5. The van der Waals surface area contributed by atoms with Crippen LogP contribution in [0.2, 0.25) is 5.02 Å². The Bertz CT molecular complexity index is 519. The van der Waals surface area contributed by atoms with Crippen LogP contribution in [0, 0.1) is 0 Å². The molecule has 0 aliphatic carbocycles. The number of esters is 1. The first-order valence-corrected chi connectivity index (χ1v) is 7.62. The van der Waals surface area contributed by atoms with Crippen molar-refractivity contribution in [3.05, 3.63) is 28.8 Å². The van der Waals surface area contributed by atoms with E-state index in [-0.39, 0.29) is 30.9 Å². The second-order valence-corrected chi connectivity index (χ2v) is 5.38. The van der Waals surface area contributed by atoms with E-state index in [1.165, 1.54) is 7.11 Å². The molecule has 0 saturated heterocycles. The summed E-state index contributed by atoms with van der Waals surface area (Å²) in [6.07, 6.45) is 1.52. The molecule has 0 aliphatic heterocycles. The largest absolute Gasteiger partial charge is 0.482 e. The summed E-state index contributed by atoms with van der Waals surface area (Å²) in [5.41, 5.74) is 0.772. The Morgan fingerprint density at radius 3 is 2.73 bits per heavy atom. The molecule has 6 heteroatoms. The highest BCUT2D eigenvalue weighted by molar-refractivity contribution is 6.32. The van der Waals surface area contributed by atoms with Gasteiger partial charge in [-0.25, -0.2) is 0 Å². The van der Waals surface area contributed by atoms with Crippen LogP contribution in [-0.2, 0) is 20.7 Å². The molecule has 1 aromatic rings. The van der Waals surface area contributed by atoms with Gasteiger partial charge in [-0.05, 0) is 31.4 Å². The minimum Gasteiger partial charge on any atom is -0.482 e. The summed E-state index contributed by atoms with van der Waals surface area (Å²) in [6, 6.07) is 5.38. The summed E-state index contributed by atoms with van der Waals surface area (Å²) in [6.45, 7) is 3.80. The van der Waals surface area contributed by atoms with Gasteiger partial charge in [-0.3, -0.25) is 9.59 Å². The van der Waals surface area contributed by atoms with Crippen LogP contribution >= 0.6 is 11.6 Å². The molecule has 0 heterocycles. The predicted molar refractivity (Wildman–Crippen MR) is 85.2 cm³/mol. The van der Waals surface area contributed by atoms with Crippen molar-refractivity contribution >= 4 is 23.5 Å². The number of para-hydroxylation sites is 1. The molecule has 5 nitrogen and oxygen atoms in total. The molecule has 0 bridgehead atoms. The van der Waals surface area contributed by atoms with Crippen molar-refractivity contribution in [1.29, 1.82) is 0 Å². The molecule has 0 aliphatic rings. The molecule has 1 atom stereocenters. The lowest BCUT2D eigenvalue weighted by Gasteiger charge is -2.15. The van der Waals surface area contributed by atoms with Gasteiger partial charge in [0.1, 0.15) is 5.75 Å². The maximum absolute atomic E-state index is 11.8. The van der Waals surface area contributed by atoms with Gasteiger partial charge in [0.05, 0.1) is 12.1 Å². The molecule has 122 valence electrons. The topological polar surface area (TPSA) is 64.6 Å². The highest BCUT2D eigenvalue weighted by Crippen LogP contribution is 2.29. The number of aryl methyl sites for hydroxylation is 1. The highest BCUT2D eigenvalue weighted by Gasteiger charge is 2.13. The molecule has 1 N–H and O–H groups in total. The van der Waals surface area contributed by atoms with E-state index in [2.05, 4.69) is 10.1 Å². The molecule has 1 rings (SSSR count). The molecule has 0 radical (unpaired) electrons. The molecule has 1 unspecified atom stereocenters. The fourth-order valence-electron chi connectivity index (χ4n) is 1.81. The Labute approximate surface area is 135 Å². The van der Waals surface area contributed by atoms with Crippen LogP contribution in [-0.4, -0.2) is 31.6 Å². The monoisotopic (exact) mass is 327 g/mol. The Morgan fingerprint density at radius 2 is 2.09 bits per heavy atom. The zero-order valence-corrected chi connectivity index (χ0v) is 13.9. The van der Waals surface area contributed by atoms with Crippen molar-refractivity contribution in [2.45, 2.75) is 39.2 Å². The summed E-state index contributed by atoms with van der Waals surface area (Å²) in [5.74, 6) is -0.0685. The Kier molecular flexibility index (Phi) is 7.74. The van der Waals surface area contributed by atoms with Gasteiger partial charge in [-0.1, -0.05) is 30.7 Å². The number of carbonyl (C=O) groups is 2. The SMILES string of the molecule is CCC(C)NC(=O)COc1c(Cl)cccc1CCC(=O)OC. The lowest BCUT2D eigenvalue weighted by molar-refractivity contribution is -0.140. The fraction of sp³-hybridized carbons (Fsp3) is 0.500. The van der Waals surface area contributed by atoms with E-state index in [1.54, 1.807) is 12.1 Å². The maximum atomic E-state index is 11.8. The first-order valence-electron chi connectivity index (χ1n) is 7.24. The summed E-state index contributed by atoms with van der Waals surface area (Å²) in [5, 5.41) is 3.23. The number of hydrogen-bond acceptors (Lipinski definition) is 4. The van der Waals surface area contributed by atoms with Gasteiger partial charge >= 0.3 is 5.97 Å². The van der Waals surface area contributed by atoms with Gasteiger partial charge in [0, 0.05) is 12.5 Å². The van der Waals surface area contributed by atoms with Crippen LogP contribution in [0.1, 0.15) is 32.3 Å². The van der Waals surface area contributed by atoms with Crippen molar-refractivity contribution in [3.63, 3.8) is 0 Å². The number of methoxy groups -OCH3 is 1. The summed E-state index contributed by atoms with van der Waals surface area (Å²) < 4.78 is 10.2. The van der Waals surface area contributed by atoms with Gasteiger partial charge in [0.2, 0.25) is 0 Å². The van der Waals surface area contributed by atoms with E-state index >= 15 is 0 Å². The standard InChI is InChI=1S/C16H22ClNO4/c1-4-11(2)18-14(19)10-22-16-12(6-5-7-13(16)17)8-9-15(20)21-3/h5-7,11H,4,8-10H2,1-3H3,(H,18,19). The van der Waals surface area contributed by atoms with Crippen molar-refractivity contribution in [3.8, 4) is 5.75 Å². The van der Waals surface area contributed by atoms with E-state index < -0.39 is 0 Å². The smallest absolute Gasteiger partial charge is 0.305 e.